The standard InChI is InChI=1S/C29H29N5O2S2/c35-22(28(15-16-28)20-9-3-1-4-10-20)19-25-33-31-23(37-25)13-7-8-14-24-32-34-27(38-24)30-26(36)29(17-18-29)21-11-5-2-6-12-21/h1-6,9-12H,7-8,13-19H2,(H,30,34,36). The molecule has 0 saturated heterocycles. The van der Waals surface area contributed by atoms with Crippen LogP contribution in [-0.2, 0) is 39.7 Å². The van der Waals surface area contributed by atoms with Gasteiger partial charge in [0.1, 0.15) is 20.8 Å². The van der Waals surface area contributed by atoms with Crippen LogP contribution in [0.1, 0.15) is 64.7 Å². The molecule has 38 heavy (non-hydrogen) atoms. The second kappa shape index (κ2) is 10.5. The number of ketones is 1. The van der Waals surface area contributed by atoms with Crippen molar-refractivity contribution in [1.29, 1.82) is 0 Å². The smallest absolute Gasteiger partial charge is 0.236 e. The zero-order valence-electron chi connectivity index (χ0n) is 21.1. The summed E-state index contributed by atoms with van der Waals surface area (Å²) >= 11 is 2.99. The van der Waals surface area contributed by atoms with E-state index in [2.05, 4.69) is 37.8 Å². The maximum Gasteiger partial charge on any atom is 0.236 e. The third-order valence-corrected chi connectivity index (χ3v) is 9.54. The zero-order chi connectivity index (χ0) is 26.0. The quantitative estimate of drug-likeness (QED) is 0.238. The molecule has 1 N–H and O–H groups in total. The molecule has 9 heteroatoms. The Balaban J connectivity index is 0.950. The van der Waals surface area contributed by atoms with Crippen molar-refractivity contribution < 1.29 is 9.59 Å². The molecule has 2 fully saturated rings. The minimum absolute atomic E-state index is 0.00771. The van der Waals surface area contributed by atoms with Gasteiger partial charge in [0.05, 0.1) is 17.3 Å². The summed E-state index contributed by atoms with van der Waals surface area (Å²) in [4.78, 5) is 25.9. The lowest BCUT2D eigenvalue weighted by Gasteiger charge is -2.13. The number of hydrogen-bond acceptors (Lipinski definition) is 8. The Morgan fingerprint density at radius 2 is 1.21 bits per heavy atom. The molecule has 2 aromatic carbocycles. The molecule has 2 aromatic heterocycles. The Bertz CT molecular complexity index is 1320. The SMILES string of the molecule is O=C(Cc1nnc(CCCCc2nnc(NC(=O)C3(c4ccccc4)CC3)s2)s1)C1(c2ccccc2)CC1. The van der Waals surface area contributed by atoms with Gasteiger partial charge in [-0.25, -0.2) is 0 Å². The summed E-state index contributed by atoms with van der Waals surface area (Å²) in [5.74, 6) is 0.260. The van der Waals surface area contributed by atoms with Crippen molar-refractivity contribution in [2.24, 2.45) is 0 Å². The van der Waals surface area contributed by atoms with Crippen LogP contribution >= 0.6 is 22.7 Å². The molecule has 1 amide bonds. The Morgan fingerprint density at radius 1 is 0.684 bits per heavy atom. The van der Waals surface area contributed by atoms with Crippen LogP contribution in [0, 0.1) is 0 Å². The van der Waals surface area contributed by atoms with Crippen molar-refractivity contribution in [3.63, 3.8) is 0 Å². The molecular weight excluding hydrogens is 514 g/mol. The van der Waals surface area contributed by atoms with Gasteiger partial charge < -0.3 is 0 Å². The highest BCUT2D eigenvalue weighted by molar-refractivity contribution is 7.15. The number of nitrogens with one attached hydrogen (secondary N) is 1. The van der Waals surface area contributed by atoms with E-state index in [4.69, 9.17) is 0 Å². The van der Waals surface area contributed by atoms with Crippen LogP contribution in [0.4, 0.5) is 5.13 Å². The summed E-state index contributed by atoms with van der Waals surface area (Å²) in [7, 11) is 0. The second-order valence-electron chi connectivity index (χ2n) is 10.2. The van der Waals surface area contributed by atoms with E-state index >= 15 is 0 Å². The van der Waals surface area contributed by atoms with E-state index in [1.54, 1.807) is 11.3 Å². The van der Waals surface area contributed by atoms with Gasteiger partial charge >= 0.3 is 0 Å². The molecule has 2 saturated carbocycles. The molecule has 0 spiro atoms. The van der Waals surface area contributed by atoms with Crippen LogP contribution in [-0.4, -0.2) is 32.1 Å². The van der Waals surface area contributed by atoms with Gasteiger partial charge in [0.25, 0.3) is 0 Å². The van der Waals surface area contributed by atoms with Crippen molar-refractivity contribution in [3.8, 4) is 0 Å². The fourth-order valence-electron chi connectivity index (χ4n) is 5.08. The van der Waals surface area contributed by atoms with Crippen LogP contribution in [0.5, 0.6) is 0 Å². The highest BCUT2D eigenvalue weighted by atomic mass is 32.1. The average Bonchev–Trinajstić information content (AvgIpc) is 3.85. The van der Waals surface area contributed by atoms with Gasteiger partial charge in [-0.05, 0) is 49.7 Å². The Kier molecular flexibility index (Phi) is 6.88. The van der Waals surface area contributed by atoms with Crippen LogP contribution in [0.3, 0.4) is 0 Å². The number of amides is 1. The van der Waals surface area contributed by atoms with Crippen molar-refractivity contribution >= 4 is 39.5 Å². The van der Waals surface area contributed by atoms with Gasteiger partial charge in [-0.15, -0.1) is 31.7 Å². The highest BCUT2D eigenvalue weighted by Crippen LogP contribution is 2.50. The predicted octanol–water partition coefficient (Wildman–Crippen LogP) is 5.47. The number of carbonyl (C=O) groups is 2. The highest BCUT2D eigenvalue weighted by Gasteiger charge is 2.51. The Hall–Kier alpha value is -3.30. The molecular formula is C29H29N5O2S2. The van der Waals surface area contributed by atoms with Crippen molar-refractivity contribution in [2.45, 2.75) is 68.6 Å². The number of rotatable bonds is 12. The van der Waals surface area contributed by atoms with Gasteiger partial charge in [0, 0.05) is 12.8 Å². The molecule has 0 aliphatic heterocycles. The van der Waals surface area contributed by atoms with E-state index in [0.29, 0.717) is 11.6 Å². The molecule has 7 nitrogen and oxygen atoms in total. The predicted molar refractivity (Wildman–Crippen MR) is 149 cm³/mol. The monoisotopic (exact) mass is 543 g/mol. The number of carbonyl (C=O) groups excluding carboxylic acids is 2. The van der Waals surface area contributed by atoms with E-state index < -0.39 is 5.41 Å². The number of nitrogens with zero attached hydrogens (tertiary/aromatic N) is 4. The maximum absolute atomic E-state index is 13.0. The third kappa shape index (κ3) is 5.17. The fourth-order valence-corrected chi connectivity index (χ4v) is 6.74. The number of aromatic nitrogens is 4. The number of benzene rings is 2. The minimum Gasteiger partial charge on any atom is -0.300 e. The first kappa shape index (κ1) is 25.0. The Labute approximate surface area is 229 Å². The van der Waals surface area contributed by atoms with Crippen molar-refractivity contribution in [3.05, 3.63) is 86.8 Å². The van der Waals surface area contributed by atoms with E-state index in [0.717, 1.165) is 77.5 Å². The molecule has 0 radical (unpaired) electrons. The number of aryl methyl sites for hydroxylation is 2. The van der Waals surface area contributed by atoms with E-state index in [1.165, 1.54) is 11.3 Å². The number of Topliss-reactive ketones (excluding diaryl/α,β-unsaturated/α-hetero) is 1. The summed E-state index contributed by atoms with van der Waals surface area (Å²) in [5, 5.41) is 23.3. The molecule has 194 valence electrons. The summed E-state index contributed by atoms with van der Waals surface area (Å²) in [6.45, 7) is 0. The van der Waals surface area contributed by atoms with E-state index in [-0.39, 0.29) is 17.1 Å². The molecule has 2 aliphatic rings. The van der Waals surface area contributed by atoms with Gasteiger partial charge in [-0.2, -0.15) is 0 Å². The molecule has 6 rings (SSSR count). The van der Waals surface area contributed by atoms with Gasteiger partial charge in [0.15, 0.2) is 0 Å². The van der Waals surface area contributed by atoms with Gasteiger partial charge in [-0.3, -0.25) is 14.9 Å². The normalized spacial score (nSPS) is 16.6. The van der Waals surface area contributed by atoms with Crippen molar-refractivity contribution in [1.82, 2.24) is 20.4 Å². The summed E-state index contributed by atoms with van der Waals surface area (Å²) < 4.78 is 0. The first-order chi connectivity index (χ1) is 18.6. The molecule has 0 unspecified atom stereocenters. The first-order valence-electron chi connectivity index (χ1n) is 13.2. The Morgan fingerprint density at radius 3 is 1.82 bits per heavy atom. The molecule has 2 aliphatic carbocycles. The zero-order valence-corrected chi connectivity index (χ0v) is 22.7. The molecule has 0 atom stereocenters. The van der Waals surface area contributed by atoms with Gasteiger partial charge in [-0.1, -0.05) is 72.0 Å². The lowest BCUT2D eigenvalue weighted by molar-refractivity contribution is -0.121. The van der Waals surface area contributed by atoms with Crippen LogP contribution < -0.4 is 5.32 Å². The summed E-state index contributed by atoms with van der Waals surface area (Å²) in [5.41, 5.74) is 1.46. The fraction of sp³-hybridized carbons (Fsp3) is 0.379. The largest absolute Gasteiger partial charge is 0.300 e. The van der Waals surface area contributed by atoms with Crippen LogP contribution in [0.2, 0.25) is 0 Å². The van der Waals surface area contributed by atoms with Crippen LogP contribution in [0.15, 0.2) is 60.7 Å². The second-order valence-corrected chi connectivity index (χ2v) is 12.5. The van der Waals surface area contributed by atoms with E-state index in [1.807, 2.05) is 48.5 Å². The number of anilines is 1. The third-order valence-electron chi connectivity index (χ3n) is 7.66. The number of hydrogen-bond donors (Lipinski definition) is 1. The lowest BCUT2D eigenvalue weighted by Crippen LogP contribution is -2.27. The maximum atomic E-state index is 13.0. The average molecular weight is 544 g/mol. The molecule has 0 bridgehead atoms. The number of unbranched alkanes of at least 4 members (excludes halogenated alkanes) is 1. The first-order valence-corrected chi connectivity index (χ1v) is 14.8. The minimum atomic E-state index is -0.418. The van der Waals surface area contributed by atoms with Crippen LogP contribution in [0.25, 0.3) is 0 Å². The lowest BCUT2D eigenvalue weighted by atomic mass is 9.90. The molecule has 2 heterocycles. The molecule has 4 aromatic rings. The summed E-state index contributed by atoms with van der Waals surface area (Å²) in [6.07, 6.45) is 7.47. The van der Waals surface area contributed by atoms with E-state index in [9.17, 15) is 9.59 Å². The van der Waals surface area contributed by atoms with Gasteiger partial charge in [0.2, 0.25) is 11.0 Å². The van der Waals surface area contributed by atoms with Crippen molar-refractivity contribution in [2.75, 3.05) is 5.32 Å². The summed E-state index contributed by atoms with van der Waals surface area (Å²) in [6, 6.07) is 20.1. The topological polar surface area (TPSA) is 97.7 Å².